The number of benzene rings is 1. The number of halogens is 3. The SMILES string of the molecule is O=C(c1cc(Br)ccc1I)N(CCCCl)C1CCC1. The van der Waals surface area contributed by atoms with Crippen molar-refractivity contribution in [3.05, 3.63) is 31.8 Å². The average molecular weight is 457 g/mol. The lowest BCUT2D eigenvalue weighted by Crippen LogP contribution is -2.45. The Balaban J connectivity index is 2.19. The average Bonchev–Trinajstić information content (AvgIpc) is 2.34. The van der Waals surface area contributed by atoms with Crippen LogP contribution in [0.5, 0.6) is 0 Å². The van der Waals surface area contributed by atoms with Crippen molar-refractivity contribution in [2.45, 2.75) is 31.7 Å². The lowest BCUT2D eigenvalue weighted by atomic mass is 9.91. The van der Waals surface area contributed by atoms with Gasteiger partial charge in [-0.05, 0) is 66.5 Å². The van der Waals surface area contributed by atoms with E-state index in [0.717, 1.165) is 39.4 Å². The summed E-state index contributed by atoms with van der Waals surface area (Å²) < 4.78 is 1.95. The number of alkyl halides is 1. The van der Waals surface area contributed by atoms with Gasteiger partial charge in [0.15, 0.2) is 0 Å². The third-order valence-corrected chi connectivity index (χ3v) is 5.17. The molecule has 0 aliphatic heterocycles. The number of carbonyl (C=O) groups is 1. The Hall–Kier alpha value is 0.190. The maximum atomic E-state index is 12.7. The largest absolute Gasteiger partial charge is 0.336 e. The standard InChI is InChI=1S/C14H16BrClINO/c15-10-5-6-13(17)12(9-10)14(19)18(8-2-7-16)11-3-1-4-11/h5-6,9,11H,1-4,7-8H2. The van der Waals surface area contributed by atoms with E-state index in [2.05, 4.69) is 38.5 Å². The van der Waals surface area contributed by atoms with E-state index in [1.165, 1.54) is 6.42 Å². The fourth-order valence-corrected chi connectivity index (χ4v) is 3.24. The van der Waals surface area contributed by atoms with Crippen molar-refractivity contribution in [1.82, 2.24) is 4.90 Å². The fraction of sp³-hybridized carbons (Fsp3) is 0.500. The van der Waals surface area contributed by atoms with E-state index in [1.54, 1.807) is 0 Å². The van der Waals surface area contributed by atoms with Crippen LogP contribution in [0.2, 0.25) is 0 Å². The zero-order valence-electron chi connectivity index (χ0n) is 10.5. The second kappa shape index (κ2) is 7.27. The number of carbonyl (C=O) groups excluding carboxylic acids is 1. The van der Waals surface area contributed by atoms with Gasteiger partial charge in [0.2, 0.25) is 0 Å². The van der Waals surface area contributed by atoms with E-state index < -0.39 is 0 Å². The molecular weight excluding hydrogens is 440 g/mol. The molecule has 0 atom stereocenters. The molecule has 1 aromatic rings. The Kier molecular flexibility index (Phi) is 5.96. The topological polar surface area (TPSA) is 20.3 Å². The molecule has 1 aromatic carbocycles. The Morgan fingerprint density at radius 2 is 2.21 bits per heavy atom. The van der Waals surface area contributed by atoms with Crippen LogP contribution in [-0.2, 0) is 0 Å². The molecule has 0 bridgehead atoms. The summed E-state index contributed by atoms with van der Waals surface area (Å²) in [6.45, 7) is 0.760. The number of hydrogen-bond donors (Lipinski definition) is 0. The minimum Gasteiger partial charge on any atom is -0.336 e. The lowest BCUT2D eigenvalue weighted by molar-refractivity contribution is 0.0579. The second-order valence-electron chi connectivity index (χ2n) is 4.75. The van der Waals surface area contributed by atoms with E-state index in [9.17, 15) is 4.79 Å². The first-order chi connectivity index (χ1) is 9.13. The molecule has 2 rings (SSSR count). The molecular formula is C14H16BrClINO. The van der Waals surface area contributed by atoms with Crippen molar-refractivity contribution >= 4 is 56.0 Å². The van der Waals surface area contributed by atoms with Crippen LogP contribution in [-0.4, -0.2) is 29.3 Å². The molecule has 1 aliphatic rings. The molecule has 19 heavy (non-hydrogen) atoms. The lowest BCUT2D eigenvalue weighted by Gasteiger charge is -2.37. The van der Waals surface area contributed by atoms with Crippen molar-refractivity contribution in [2.75, 3.05) is 12.4 Å². The highest BCUT2D eigenvalue weighted by atomic mass is 127. The summed E-state index contributed by atoms with van der Waals surface area (Å²) in [5.41, 5.74) is 0.788. The van der Waals surface area contributed by atoms with Crippen LogP contribution in [0.3, 0.4) is 0 Å². The van der Waals surface area contributed by atoms with Gasteiger partial charge in [-0.25, -0.2) is 0 Å². The van der Waals surface area contributed by atoms with E-state index in [0.29, 0.717) is 11.9 Å². The maximum Gasteiger partial charge on any atom is 0.255 e. The predicted octanol–water partition coefficient (Wildman–Crippen LogP) is 4.68. The molecule has 0 unspecified atom stereocenters. The molecule has 1 fully saturated rings. The van der Waals surface area contributed by atoms with Gasteiger partial charge in [-0.3, -0.25) is 4.79 Å². The first-order valence-corrected chi connectivity index (χ1v) is 8.86. The molecule has 104 valence electrons. The monoisotopic (exact) mass is 455 g/mol. The fourth-order valence-electron chi connectivity index (χ4n) is 2.19. The molecule has 5 heteroatoms. The van der Waals surface area contributed by atoms with E-state index >= 15 is 0 Å². The molecule has 1 amide bonds. The van der Waals surface area contributed by atoms with Crippen LogP contribution < -0.4 is 0 Å². The molecule has 0 spiro atoms. The van der Waals surface area contributed by atoms with Gasteiger partial charge in [-0.1, -0.05) is 15.9 Å². The number of amides is 1. The highest BCUT2D eigenvalue weighted by molar-refractivity contribution is 14.1. The van der Waals surface area contributed by atoms with Crippen LogP contribution in [0.15, 0.2) is 22.7 Å². The minimum atomic E-state index is 0.139. The molecule has 1 aliphatic carbocycles. The van der Waals surface area contributed by atoms with Crippen molar-refractivity contribution in [3.8, 4) is 0 Å². The van der Waals surface area contributed by atoms with Gasteiger partial charge in [0.25, 0.3) is 5.91 Å². The van der Waals surface area contributed by atoms with Crippen LogP contribution in [0, 0.1) is 3.57 Å². The highest BCUT2D eigenvalue weighted by Crippen LogP contribution is 2.28. The Labute approximate surface area is 141 Å². The third kappa shape index (κ3) is 3.85. The molecule has 1 saturated carbocycles. The van der Waals surface area contributed by atoms with E-state index in [4.69, 9.17) is 11.6 Å². The summed E-state index contributed by atoms with van der Waals surface area (Å²) >= 11 is 11.4. The van der Waals surface area contributed by atoms with Crippen LogP contribution in [0.1, 0.15) is 36.0 Å². The molecule has 0 radical (unpaired) electrons. The maximum absolute atomic E-state index is 12.7. The van der Waals surface area contributed by atoms with Crippen molar-refractivity contribution in [2.24, 2.45) is 0 Å². The van der Waals surface area contributed by atoms with Gasteiger partial charge < -0.3 is 4.90 Å². The summed E-state index contributed by atoms with van der Waals surface area (Å²) in [6.07, 6.45) is 4.33. The van der Waals surface area contributed by atoms with Gasteiger partial charge in [-0.15, -0.1) is 11.6 Å². The van der Waals surface area contributed by atoms with Gasteiger partial charge in [0.1, 0.15) is 0 Å². The van der Waals surface area contributed by atoms with Crippen LogP contribution in [0.4, 0.5) is 0 Å². The number of hydrogen-bond acceptors (Lipinski definition) is 1. The summed E-state index contributed by atoms with van der Waals surface area (Å²) in [7, 11) is 0. The Morgan fingerprint density at radius 3 is 2.79 bits per heavy atom. The summed E-state index contributed by atoms with van der Waals surface area (Å²) in [4.78, 5) is 14.7. The first-order valence-electron chi connectivity index (χ1n) is 6.45. The van der Waals surface area contributed by atoms with Crippen molar-refractivity contribution in [1.29, 1.82) is 0 Å². The van der Waals surface area contributed by atoms with E-state index in [-0.39, 0.29) is 5.91 Å². The molecule has 0 saturated heterocycles. The van der Waals surface area contributed by atoms with Gasteiger partial charge in [-0.2, -0.15) is 0 Å². The third-order valence-electron chi connectivity index (χ3n) is 3.47. The molecule has 2 nitrogen and oxygen atoms in total. The highest BCUT2D eigenvalue weighted by Gasteiger charge is 2.29. The quantitative estimate of drug-likeness (QED) is 0.466. The van der Waals surface area contributed by atoms with Gasteiger partial charge in [0.05, 0.1) is 5.56 Å². The van der Waals surface area contributed by atoms with Gasteiger partial charge >= 0.3 is 0 Å². The first kappa shape index (κ1) is 15.6. The number of nitrogens with zero attached hydrogens (tertiary/aromatic N) is 1. The molecule has 0 N–H and O–H groups in total. The zero-order chi connectivity index (χ0) is 13.8. The van der Waals surface area contributed by atoms with Crippen LogP contribution in [0.25, 0.3) is 0 Å². The van der Waals surface area contributed by atoms with Crippen molar-refractivity contribution < 1.29 is 4.79 Å². The summed E-state index contributed by atoms with van der Waals surface area (Å²) in [5.74, 6) is 0.743. The smallest absolute Gasteiger partial charge is 0.255 e. The van der Waals surface area contributed by atoms with E-state index in [1.807, 2.05) is 23.1 Å². The summed E-state index contributed by atoms with van der Waals surface area (Å²) in [5, 5.41) is 0. The predicted molar refractivity (Wildman–Crippen MR) is 90.9 cm³/mol. The number of rotatable bonds is 5. The molecule has 0 heterocycles. The normalized spacial score (nSPS) is 15.1. The zero-order valence-corrected chi connectivity index (χ0v) is 15.0. The van der Waals surface area contributed by atoms with Gasteiger partial charge in [0, 0.05) is 26.5 Å². The minimum absolute atomic E-state index is 0.139. The Morgan fingerprint density at radius 1 is 1.47 bits per heavy atom. The van der Waals surface area contributed by atoms with Crippen LogP contribution >= 0.6 is 50.1 Å². The summed E-state index contributed by atoms with van der Waals surface area (Å²) in [6, 6.07) is 6.25. The Bertz CT molecular complexity index is 465. The molecule has 0 aromatic heterocycles. The van der Waals surface area contributed by atoms with Crippen molar-refractivity contribution in [3.63, 3.8) is 0 Å². The second-order valence-corrected chi connectivity index (χ2v) is 7.21.